The van der Waals surface area contributed by atoms with Gasteiger partial charge >= 0.3 is 5.97 Å². The number of hydrogen-bond donors (Lipinski definition) is 1. The number of aromatic carboxylic acids is 1. The molecular weight excluding hydrogens is 310 g/mol. The van der Waals surface area contributed by atoms with Crippen molar-refractivity contribution in [2.24, 2.45) is 7.05 Å². The number of nitrogens with zero attached hydrogens (tertiary/aromatic N) is 5. The summed E-state index contributed by atoms with van der Waals surface area (Å²) in [5.41, 5.74) is 1.55. The highest BCUT2D eigenvalue weighted by Gasteiger charge is 2.21. The summed E-state index contributed by atoms with van der Waals surface area (Å²) < 4.78 is 2.34. The number of aryl methyl sites for hydroxylation is 3. The number of rotatable bonds is 3. The molecule has 0 saturated carbocycles. The summed E-state index contributed by atoms with van der Waals surface area (Å²) in [6.07, 6.45) is 1.36. The van der Waals surface area contributed by atoms with Crippen LogP contribution in [-0.4, -0.2) is 36.0 Å². The van der Waals surface area contributed by atoms with Crippen molar-refractivity contribution in [2.45, 2.75) is 23.1 Å². The predicted octanol–water partition coefficient (Wildman–Crippen LogP) is 2.29. The van der Waals surface area contributed by atoms with Crippen molar-refractivity contribution in [3.63, 3.8) is 0 Å². The molecule has 0 aliphatic rings. The summed E-state index contributed by atoms with van der Waals surface area (Å²) in [6, 6.07) is 0. The number of pyridine rings is 1. The molecule has 1 N–H and O–H groups in total. The largest absolute Gasteiger partial charge is 0.478 e. The van der Waals surface area contributed by atoms with E-state index in [0.717, 1.165) is 16.1 Å². The first-order valence-corrected chi connectivity index (χ1v) is 7.64. The molecule has 9 heteroatoms. The van der Waals surface area contributed by atoms with Crippen LogP contribution in [0.2, 0.25) is 0 Å². The van der Waals surface area contributed by atoms with E-state index in [0.29, 0.717) is 14.9 Å². The van der Waals surface area contributed by atoms with Gasteiger partial charge in [-0.05, 0) is 13.8 Å². The molecule has 0 aromatic carbocycles. The van der Waals surface area contributed by atoms with E-state index in [4.69, 9.17) is 0 Å². The maximum Gasteiger partial charge on any atom is 0.338 e. The predicted molar refractivity (Wildman–Crippen MR) is 79.0 cm³/mol. The molecule has 0 saturated heterocycles. The molecule has 108 valence electrons. The number of aromatic nitrogens is 5. The Kier molecular flexibility index (Phi) is 3.38. The lowest BCUT2D eigenvalue weighted by atomic mass is 10.2. The summed E-state index contributed by atoms with van der Waals surface area (Å²) in [4.78, 5) is 16.3. The van der Waals surface area contributed by atoms with Crippen LogP contribution < -0.4 is 0 Å². The Morgan fingerprint density at radius 2 is 2.14 bits per heavy atom. The fraction of sp³-hybridized carbons (Fsp3) is 0.250. The Balaban J connectivity index is 2.25. The van der Waals surface area contributed by atoms with E-state index in [2.05, 4.69) is 20.3 Å². The fourth-order valence-electron chi connectivity index (χ4n) is 2.04. The Labute approximate surface area is 128 Å². The van der Waals surface area contributed by atoms with Gasteiger partial charge in [0.1, 0.15) is 5.01 Å². The van der Waals surface area contributed by atoms with Crippen molar-refractivity contribution in [1.82, 2.24) is 25.0 Å². The SMILES string of the molecule is Cc1nnc(Sc2c(C(=O)O)cnc3c2c(C)nn3C)s1. The van der Waals surface area contributed by atoms with Crippen molar-refractivity contribution in [1.29, 1.82) is 0 Å². The second-order valence-electron chi connectivity index (χ2n) is 4.40. The van der Waals surface area contributed by atoms with E-state index in [1.54, 1.807) is 11.7 Å². The van der Waals surface area contributed by atoms with E-state index in [-0.39, 0.29) is 5.56 Å². The van der Waals surface area contributed by atoms with E-state index < -0.39 is 5.97 Å². The summed E-state index contributed by atoms with van der Waals surface area (Å²) in [7, 11) is 1.78. The van der Waals surface area contributed by atoms with Gasteiger partial charge in [-0.1, -0.05) is 23.1 Å². The van der Waals surface area contributed by atoms with E-state index in [9.17, 15) is 9.90 Å². The second-order valence-corrected chi connectivity index (χ2v) is 6.84. The highest BCUT2D eigenvalue weighted by atomic mass is 32.2. The van der Waals surface area contributed by atoms with Gasteiger partial charge in [0.05, 0.1) is 16.6 Å². The average molecular weight is 321 g/mol. The molecule has 0 amide bonds. The highest BCUT2D eigenvalue weighted by Crippen LogP contribution is 2.38. The molecule has 0 radical (unpaired) electrons. The molecule has 3 rings (SSSR count). The molecule has 21 heavy (non-hydrogen) atoms. The van der Waals surface area contributed by atoms with Gasteiger partial charge in [0.2, 0.25) is 0 Å². The summed E-state index contributed by atoms with van der Waals surface area (Å²) >= 11 is 2.72. The van der Waals surface area contributed by atoms with Crippen LogP contribution in [0.3, 0.4) is 0 Å². The Bertz CT molecular complexity index is 855. The minimum Gasteiger partial charge on any atom is -0.478 e. The van der Waals surface area contributed by atoms with Crippen LogP contribution in [0.4, 0.5) is 0 Å². The van der Waals surface area contributed by atoms with Gasteiger partial charge in [-0.2, -0.15) is 5.10 Å². The third-order valence-electron chi connectivity index (χ3n) is 2.91. The first-order valence-electron chi connectivity index (χ1n) is 6.01. The normalized spacial score (nSPS) is 11.2. The lowest BCUT2D eigenvalue weighted by Crippen LogP contribution is -2.01. The van der Waals surface area contributed by atoms with Gasteiger partial charge in [-0.25, -0.2) is 9.78 Å². The Morgan fingerprint density at radius 3 is 2.76 bits per heavy atom. The average Bonchev–Trinajstić information content (AvgIpc) is 2.94. The quantitative estimate of drug-likeness (QED) is 0.791. The van der Waals surface area contributed by atoms with Gasteiger partial charge in [0.15, 0.2) is 9.99 Å². The third-order valence-corrected chi connectivity index (χ3v) is 4.92. The Morgan fingerprint density at radius 1 is 1.38 bits per heavy atom. The van der Waals surface area contributed by atoms with Crippen LogP contribution in [-0.2, 0) is 7.05 Å². The maximum atomic E-state index is 11.5. The number of carboxylic acid groups (broad SMARTS) is 1. The Hall–Kier alpha value is -2.00. The van der Waals surface area contributed by atoms with Crippen molar-refractivity contribution >= 4 is 40.1 Å². The third kappa shape index (κ3) is 2.38. The van der Waals surface area contributed by atoms with Gasteiger partial charge in [0.25, 0.3) is 0 Å². The highest BCUT2D eigenvalue weighted by molar-refractivity contribution is 8.01. The zero-order chi connectivity index (χ0) is 15.1. The number of fused-ring (bicyclic) bond motifs is 1. The van der Waals surface area contributed by atoms with Crippen LogP contribution in [0.15, 0.2) is 15.4 Å². The molecular formula is C12H11N5O2S2. The molecule has 3 aromatic rings. The van der Waals surface area contributed by atoms with Gasteiger partial charge < -0.3 is 5.11 Å². The standard InChI is InChI=1S/C12H11N5O2S2/c1-5-8-9(21-12-15-14-6(2)20-12)7(11(18)19)4-13-10(8)17(3)16-5/h4H,1-3H3,(H,18,19). The van der Waals surface area contributed by atoms with E-state index in [1.165, 1.54) is 29.3 Å². The van der Waals surface area contributed by atoms with Gasteiger partial charge in [0, 0.05) is 18.1 Å². The monoisotopic (exact) mass is 321 g/mol. The fourth-order valence-corrected chi connectivity index (χ4v) is 4.09. The molecule has 0 aliphatic heterocycles. The van der Waals surface area contributed by atoms with Crippen LogP contribution in [0.25, 0.3) is 11.0 Å². The molecule has 3 aromatic heterocycles. The van der Waals surface area contributed by atoms with Crippen molar-refractivity contribution in [2.75, 3.05) is 0 Å². The zero-order valence-corrected chi connectivity index (χ0v) is 13.1. The summed E-state index contributed by atoms with van der Waals surface area (Å²) in [6.45, 7) is 3.70. The lowest BCUT2D eigenvalue weighted by Gasteiger charge is -2.05. The molecule has 7 nitrogen and oxygen atoms in total. The van der Waals surface area contributed by atoms with Crippen molar-refractivity contribution in [3.05, 3.63) is 22.5 Å². The molecule has 0 spiro atoms. The van der Waals surface area contributed by atoms with E-state index >= 15 is 0 Å². The number of carboxylic acids is 1. The topological polar surface area (TPSA) is 93.8 Å². The van der Waals surface area contributed by atoms with E-state index in [1.807, 2.05) is 13.8 Å². The summed E-state index contributed by atoms with van der Waals surface area (Å²) in [5.74, 6) is -1.02. The number of hydrogen-bond acceptors (Lipinski definition) is 7. The minimum atomic E-state index is -1.02. The molecule has 0 bridgehead atoms. The van der Waals surface area contributed by atoms with Crippen molar-refractivity contribution < 1.29 is 9.90 Å². The second kappa shape index (κ2) is 5.08. The van der Waals surface area contributed by atoms with Crippen molar-refractivity contribution in [3.8, 4) is 0 Å². The molecule has 0 atom stereocenters. The summed E-state index contributed by atoms with van der Waals surface area (Å²) in [5, 5.41) is 23.3. The molecule has 0 fully saturated rings. The zero-order valence-electron chi connectivity index (χ0n) is 11.5. The smallest absolute Gasteiger partial charge is 0.338 e. The first kappa shape index (κ1) is 14.0. The minimum absolute atomic E-state index is 0.149. The molecule has 3 heterocycles. The lowest BCUT2D eigenvalue weighted by molar-refractivity contribution is 0.0693. The van der Waals surface area contributed by atoms with Crippen LogP contribution in [0.5, 0.6) is 0 Å². The maximum absolute atomic E-state index is 11.5. The van der Waals surface area contributed by atoms with Crippen LogP contribution in [0.1, 0.15) is 21.1 Å². The van der Waals surface area contributed by atoms with Gasteiger partial charge in [-0.3, -0.25) is 4.68 Å². The number of carbonyl (C=O) groups is 1. The van der Waals surface area contributed by atoms with Crippen LogP contribution in [0, 0.1) is 13.8 Å². The molecule has 0 unspecified atom stereocenters. The van der Waals surface area contributed by atoms with Gasteiger partial charge in [-0.15, -0.1) is 10.2 Å². The molecule has 0 aliphatic carbocycles. The first-order chi connectivity index (χ1) is 9.97. The van der Waals surface area contributed by atoms with Crippen LogP contribution >= 0.6 is 23.1 Å².